The van der Waals surface area contributed by atoms with Crippen LogP contribution < -0.4 is 4.74 Å². The van der Waals surface area contributed by atoms with E-state index in [1.807, 2.05) is 43.1 Å². The molecule has 0 aliphatic carbocycles. The lowest BCUT2D eigenvalue weighted by Crippen LogP contribution is -2.53. The third-order valence-corrected chi connectivity index (χ3v) is 4.88. The van der Waals surface area contributed by atoms with Gasteiger partial charge in [0.15, 0.2) is 0 Å². The molecule has 0 bridgehead atoms. The number of amides is 1. The molecule has 0 aromatic heterocycles. The number of ether oxygens (including phenoxy) is 1. The summed E-state index contributed by atoms with van der Waals surface area (Å²) in [6, 6.07) is 7.94. The van der Waals surface area contributed by atoms with Crippen molar-refractivity contribution in [3.8, 4) is 5.75 Å². The third-order valence-electron chi connectivity index (χ3n) is 4.88. The van der Waals surface area contributed by atoms with Crippen molar-refractivity contribution in [3.05, 3.63) is 29.8 Å². The molecule has 1 heterocycles. The Kier molecular flexibility index (Phi) is 7.06. The molecule has 1 unspecified atom stereocenters. The van der Waals surface area contributed by atoms with Crippen LogP contribution in [0.4, 0.5) is 0 Å². The van der Waals surface area contributed by atoms with Gasteiger partial charge < -0.3 is 14.5 Å². The zero-order chi connectivity index (χ0) is 17.5. The second kappa shape index (κ2) is 9.04. The van der Waals surface area contributed by atoms with Crippen LogP contribution in [0.1, 0.15) is 19.4 Å². The third kappa shape index (κ3) is 5.21. The average Bonchev–Trinajstić information content (AvgIpc) is 2.62. The van der Waals surface area contributed by atoms with E-state index in [0.717, 1.165) is 45.0 Å². The highest BCUT2D eigenvalue weighted by Gasteiger charge is 2.26. The highest BCUT2D eigenvalue weighted by Crippen LogP contribution is 2.12. The van der Waals surface area contributed by atoms with Gasteiger partial charge in [0, 0.05) is 32.7 Å². The second-order valence-electron chi connectivity index (χ2n) is 6.58. The topological polar surface area (TPSA) is 36.0 Å². The van der Waals surface area contributed by atoms with Crippen LogP contribution in [0.3, 0.4) is 0 Å². The van der Waals surface area contributed by atoms with Gasteiger partial charge in [-0.05, 0) is 39.6 Å². The van der Waals surface area contributed by atoms with E-state index in [1.165, 1.54) is 5.56 Å². The van der Waals surface area contributed by atoms with Gasteiger partial charge in [-0.25, -0.2) is 0 Å². The normalized spacial score (nSPS) is 17.1. The van der Waals surface area contributed by atoms with E-state index in [2.05, 4.69) is 23.6 Å². The monoisotopic (exact) mass is 333 g/mol. The molecule has 0 spiro atoms. The number of aryl methyl sites for hydroxylation is 1. The Morgan fingerprint density at radius 2 is 1.83 bits per heavy atom. The number of hydrogen-bond acceptors (Lipinski definition) is 4. The molecule has 134 valence electrons. The largest absolute Gasteiger partial charge is 0.492 e. The average molecular weight is 333 g/mol. The van der Waals surface area contributed by atoms with E-state index in [0.29, 0.717) is 6.61 Å². The molecule has 1 fully saturated rings. The van der Waals surface area contributed by atoms with E-state index in [1.54, 1.807) is 0 Å². The number of hydrogen-bond donors (Lipinski definition) is 0. The number of piperazine rings is 1. The van der Waals surface area contributed by atoms with Crippen LogP contribution in [0.5, 0.6) is 5.75 Å². The minimum Gasteiger partial charge on any atom is -0.492 e. The highest BCUT2D eigenvalue weighted by molar-refractivity contribution is 5.81. The molecule has 1 atom stereocenters. The van der Waals surface area contributed by atoms with Crippen LogP contribution in [0.15, 0.2) is 24.3 Å². The van der Waals surface area contributed by atoms with E-state index < -0.39 is 0 Å². The fraction of sp³-hybridized carbons (Fsp3) is 0.632. The van der Waals surface area contributed by atoms with Crippen LogP contribution in [-0.2, 0) is 4.79 Å². The van der Waals surface area contributed by atoms with Crippen LogP contribution >= 0.6 is 0 Å². The molecular formula is C19H31N3O2. The van der Waals surface area contributed by atoms with Gasteiger partial charge in [-0.3, -0.25) is 9.69 Å². The lowest BCUT2D eigenvalue weighted by atomic mass is 10.2. The summed E-state index contributed by atoms with van der Waals surface area (Å²) in [6.07, 6.45) is 0. The van der Waals surface area contributed by atoms with Crippen LogP contribution in [0.25, 0.3) is 0 Å². The van der Waals surface area contributed by atoms with Crippen molar-refractivity contribution in [2.24, 2.45) is 0 Å². The first-order valence-corrected chi connectivity index (χ1v) is 8.92. The molecule has 2 rings (SSSR count). The zero-order valence-electron chi connectivity index (χ0n) is 15.5. The fourth-order valence-electron chi connectivity index (χ4n) is 2.87. The van der Waals surface area contributed by atoms with E-state index in [9.17, 15) is 4.79 Å². The maximum atomic E-state index is 12.6. The van der Waals surface area contributed by atoms with E-state index in [-0.39, 0.29) is 11.9 Å². The molecule has 1 aliphatic heterocycles. The fourth-order valence-corrected chi connectivity index (χ4v) is 2.87. The molecule has 1 amide bonds. The smallest absolute Gasteiger partial charge is 0.239 e. The standard InChI is InChI=1S/C19H31N3O2/c1-5-21-10-12-22(13-11-21)19(23)17(3)20(4)14-15-24-18-8-6-16(2)7-9-18/h6-9,17H,5,10-15H2,1-4H3. The van der Waals surface area contributed by atoms with Gasteiger partial charge in [0.05, 0.1) is 6.04 Å². The molecule has 0 N–H and O–H groups in total. The summed E-state index contributed by atoms with van der Waals surface area (Å²) in [4.78, 5) is 19.1. The van der Waals surface area contributed by atoms with Gasteiger partial charge in [-0.2, -0.15) is 0 Å². The Morgan fingerprint density at radius 3 is 2.42 bits per heavy atom. The number of likely N-dealkylation sites (N-methyl/N-ethyl adjacent to an activating group) is 2. The summed E-state index contributed by atoms with van der Waals surface area (Å²) in [6.45, 7) is 12.2. The molecular weight excluding hydrogens is 302 g/mol. The van der Waals surface area contributed by atoms with Gasteiger partial charge in [0.25, 0.3) is 0 Å². The summed E-state index contributed by atoms with van der Waals surface area (Å²) >= 11 is 0. The molecule has 5 nitrogen and oxygen atoms in total. The van der Waals surface area contributed by atoms with Crippen LogP contribution in [0.2, 0.25) is 0 Å². The van der Waals surface area contributed by atoms with Crippen molar-refractivity contribution in [1.82, 2.24) is 14.7 Å². The predicted octanol–water partition coefficient (Wildman–Crippen LogP) is 1.86. The van der Waals surface area contributed by atoms with Crippen molar-refractivity contribution >= 4 is 5.91 Å². The first kappa shape index (κ1) is 18.7. The number of nitrogens with zero attached hydrogens (tertiary/aromatic N) is 3. The first-order chi connectivity index (χ1) is 11.5. The lowest BCUT2D eigenvalue weighted by Gasteiger charge is -2.37. The van der Waals surface area contributed by atoms with Crippen molar-refractivity contribution in [1.29, 1.82) is 0 Å². The summed E-state index contributed by atoms with van der Waals surface area (Å²) in [7, 11) is 1.99. The summed E-state index contributed by atoms with van der Waals surface area (Å²) in [5.74, 6) is 1.10. The van der Waals surface area contributed by atoms with Crippen molar-refractivity contribution in [2.45, 2.75) is 26.8 Å². The van der Waals surface area contributed by atoms with Crippen molar-refractivity contribution in [3.63, 3.8) is 0 Å². The first-order valence-electron chi connectivity index (χ1n) is 8.92. The molecule has 1 aliphatic rings. The number of carbonyl (C=O) groups is 1. The van der Waals surface area contributed by atoms with E-state index >= 15 is 0 Å². The maximum absolute atomic E-state index is 12.6. The highest BCUT2D eigenvalue weighted by atomic mass is 16.5. The molecule has 24 heavy (non-hydrogen) atoms. The Hall–Kier alpha value is -1.59. The van der Waals surface area contributed by atoms with Crippen molar-refractivity contribution in [2.75, 3.05) is 52.9 Å². The molecule has 5 heteroatoms. The molecule has 0 saturated carbocycles. The summed E-state index contributed by atoms with van der Waals surface area (Å²) in [5.41, 5.74) is 1.22. The quantitative estimate of drug-likeness (QED) is 0.763. The maximum Gasteiger partial charge on any atom is 0.239 e. The minimum absolute atomic E-state index is 0.111. The molecule has 0 radical (unpaired) electrons. The minimum atomic E-state index is -0.111. The van der Waals surface area contributed by atoms with Crippen molar-refractivity contribution < 1.29 is 9.53 Å². The van der Waals surface area contributed by atoms with Crippen LogP contribution in [0, 0.1) is 6.92 Å². The second-order valence-corrected chi connectivity index (χ2v) is 6.58. The van der Waals surface area contributed by atoms with Gasteiger partial charge in [-0.1, -0.05) is 24.6 Å². The Bertz CT molecular complexity index is 510. The Labute approximate surface area is 146 Å². The Morgan fingerprint density at radius 1 is 1.21 bits per heavy atom. The number of carbonyl (C=O) groups excluding carboxylic acids is 1. The van der Waals surface area contributed by atoms with E-state index in [4.69, 9.17) is 4.74 Å². The summed E-state index contributed by atoms with van der Waals surface area (Å²) < 4.78 is 5.76. The molecule has 1 aromatic rings. The Balaban J connectivity index is 1.73. The zero-order valence-corrected chi connectivity index (χ0v) is 15.5. The van der Waals surface area contributed by atoms with Gasteiger partial charge in [-0.15, -0.1) is 0 Å². The van der Waals surface area contributed by atoms with Gasteiger partial charge in [0.1, 0.15) is 12.4 Å². The van der Waals surface area contributed by atoms with Gasteiger partial charge >= 0.3 is 0 Å². The van der Waals surface area contributed by atoms with Crippen LogP contribution in [-0.4, -0.2) is 79.6 Å². The number of benzene rings is 1. The van der Waals surface area contributed by atoms with Gasteiger partial charge in [0.2, 0.25) is 5.91 Å². The molecule has 1 aromatic carbocycles. The SMILES string of the molecule is CCN1CCN(C(=O)C(C)N(C)CCOc2ccc(C)cc2)CC1. The molecule has 1 saturated heterocycles. The summed E-state index contributed by atoms with van der Waals surface area (Å²) in [5, 5.41) is 0. The predicted molar refractivity (Wildman–Crippen MR) is 97.5 cm³/mol. The lowest BCUT2D eigenvalue weighted by molar-refractivity contribution is -0.137. The number of rotatable bonds is 7.